The topological polar surface area (TPSA) is 54.5 Å². The Kier molecular flexibility index (Phi) is 7.42. The van der Waals surface area contributed by atoms with Crippen molar-refractivity contribution in [1.29, 1.82) is 0 Å². The van der Waals surface area contributed by atoms with Gasteiger partial charge in [-0.3, -0.25) is 4.98 Å². The molecule has 0 fully saturated rings. The third-order valence-corrected chi connectivity index (χ3v) is 3.17. The van der Waals surface area contributed by atoms with E-state index in [-0.39, 0.29) is 18.0 Å². The standard InChI is InChI=1S/C17H28FN3O2/c1-6-10-21(16(22)23-17(3,4)5)11-9-19-13(2)15-8-7-14(18)12-20-15/h7-8,12-13,19H,6,9-11H2,1-5H3. The van der Waals surface area contributed by atoms with Crippen LogP contribution in [0.1, 0.15) is 52.8 Å². The molecule has 130 valence electrons. The van der Waals surface area contributed by atoms with E-state index >= 15 is 0 Å². The molecule has 0 aliphatic carbocycles. The second kappa shape index (κ2) is 8.82. The Morgan fingerprint density at radius 3 is 2.61 bits per heavy atom. The average molecular weight is 325 g/mol. The summed E-state index contributed by atoms with van der Waals surface area (Å²) >= 11 is 0. The molecule has 1 rings (SSSR count). The third kappa shape index (κ3) is 7.41. The lowest BCUT2D eigenvalue weighted by Gasteiger charge is -2.27. The first-order chi connectivity index (χ1) is 10.7. The van der Waals surface area contributed by atoms with Crippen LogP contribution >= 0.6 is 0 Å². The van der Waals surface area contributed by atoms with Gasteiger partial charge < -0.3 is 15.0 Å². The zero-order chi connectivity index (χ0) is 17.5. The Balaban J connectivity index is 2.48. The molecule has 0 aliphatic rings. The van der Waals surface area contributed by atoms with Crippen LogP contribution in [-0.4, -0.2) is 41.2 Å². The summed E-state index contributed by atoms with van der Waals surface area (Å²) in [7, 11) is 0. The van der Waals surface area contributed by atoms with E-state index in [1.807, 2.05) is 34.6 Å². The molecular formula is C17H28FN3O2. The van der Waals surface area contributed by atoms with E-state index in [1.54, 1.807) is 11.0 Å². The van der Waals surface area contributed by atoms with Crippen LogP contribution in [0, 0.1) is 5.82 Å². The van der Waals surface area contributed by atoms with E-state index in [1.165, 1.54) is 12.3 Å². The lowest BCUT2D eigenvalue weighted by atomic mass is 10.2. The highest BCUT2D eigenvalue weighted by Crippen LogP contribution is 2.11. The fourth-order valence-corrected chi connectivity index (χ4v) is 2.05. The molecule has 5 nitrogen and oxygen atoms in total. The van der Waals surface area contributed by atoms with E-state index in [0.29, 0.717) is 19.6 Å². The molecule has 1 aromatic heterocycles. The number of amides is 1. The average Bonchev–Trinajstić information content (AvgIpc) is 2.45. The summed E-state index contributed by atoms with van der Waals surface area (Å²) in [5.41, 5.74) is 0.271. The summed E-state index contributed by atoms with van der Waals surface area (Å²) in [5.74, 6) is -0.347. The largest absolute Gasteiger partial charge is 0.444 e. The number of carbonyl (C=O) groups is 1. The van der Waals surface area contributed by atoms with Gasteiger partial charge in [-0.1, -0.05) is 6.92 Å². The molecule has 0 bridgehead atoms. The van der Waals surface area contributed by atoms with Crippen molar-refractivity contribution < 1.29 is 13.9 Å². The van der Waals surface area contributed by atoms with Crippen molar-refractivity contribution in [2.24, 2.45) is 0 Å². The molecule has 1 aromatic rings. The molecule has 23 heavy (non-hydrogen) atoms. The Bertz CT molecular complexity index is 486. The Hall–Kier alpha value is -1.69. The maximum atomic E-state index is 12.9. The molecule has 0 spiro atoms. The van der Waals surface area contributed by atoms with Gasteiger partial charge >= 0.3 is 6.09 Å². The van der Waals surface area contributed by atoms with Gasteiger partial charge in [-0.15, -0.1) is 0 Å². The normalized spacial score (nSPS) is 12.8. The van der Waals surface area contributed by atoms with E-state index < -0.39 is 5.60 Å². The van der Waals surface area contributed by atoms with Gasteiger partial charge in [0.1, 0.15) is 11.4 Å². The molecule has 1 unspecified atom stereocenters. The SMILES string of the molecule is CCCN(CCNC(C)c1ccc(F)cn1)C(=O)OC(C)(C)C. The number of carbonyl (C=O) groups excluding carboxylic acids is 1. The van der Waals surface area contributed by atoms with Gasteiger partial charge in [0, 0.05) is 25.7 Å². The fourth-order valence-electron chi connectivity index (χ4n) is 2.05. The number of halogens is 1. The van der Waals surface area contributed by atoms with E-state index in [2.05, 4.69) is 10.3 Å². The molecule has 0 aromatic carbocycles. The molecule has 0 aliphatic heterocycles. The first-order valence-electron chi connectivity index (χ1n) is 8.05. The number of rotatable bonds is 7. The van der Waals surface area contributed by atoms with Crippen LogP contribution < -0.4 is 5.32 Å². The molecule has 1 amide bonds. The van der Waals surface area contributed by atoms with Gasteiger partial charge in [0.2, 0.25) is 0 Å². The molecule has 0 saturated carbocycles. The highest BCUT2D eigenvalue weighted by atomic mass is 19.1. The molecular weight excluding hydrogens is 297 g/mol. The van der Waals surface area contributed by atoms with Crippen LogP contribution in [0.5, 0.6) is 0 Å². The van der Waals surface area contributed by atoms with Gasteiger partial charge in [-0.05, 0) is 46.2 Å². The summed E-state index contributed by atoms with van der Waals surface area (Å²) in [6.45, 7) is 11.4. The minimum absolute atomic E-state index is 0.0160. The number of nitrogens with one attached hydrogen (secondary N) is 1. The van der Waals surface area contributed by atoms with Crippen molar-refractivity contribution in [2.75, 3.05) is 19.6 Å². The van der Waals surface area contributed by atoms with Crippen LogP contribution in [0.4, 0.5) is 9.18 Å². The van der Waals surface area contributed by atoms with Crippen LogP contribution in [0.2, 0.25) is 0 Å². The van der Waals surface area contributed by atoms with E-state index in [9.17, 15) is 9.18 Å². The second-order valence-electron chi connectivity index (χ2n) is 6.54. The fraction of sp³-hybridized carbons (Fsp3) is 0.647. The van der Waals surface area contributed by atoms with E-state index in [0.717, 1.165) is 12.1 Å². The number of hydrogen-bond donors (Lipinski definition) is 1. The minimum Gasteiger partial charge on any atom is -0.444 e. The van der Waals surface area contributed by atoms with Crippen LogP contribution in [0.15, 0.2) is 18.3 Å². The van der Waals surface area contributed by atoms with Crippen molar-refractivity contribution in [1.82, 2.24) is 15.2 Å². The Labute approximate surface area is 138 Å². The van der Waals surface area contributed by atoms with Crippen LogP contribution in [0.3, 0.4) is 0 Å². The van der Waals surface area contributed by atoms with Crippen molar-refractivity contribution in [3.05, 3.63) is 29.8 Å². The van der Waals surface area contributed by atoms with Gasteiger partial charge in [-0.25, -0.2) is 9.18 Å². The van der Waals surface area contributed by atoms with Crippen molar-refractivity contribution in [3.63, 3.8) is 0 Å². The minimum atomic E-state index is -0.498. The van der Waals surface area contributed by atoms with Crippen molar-refractivity contribution in [3.8, 4) is 0 Å². The van der Waals surface area contributed by atoms with Crippen molar-refractivity contribution in [2.45, 2.75) is 52.7 Å². The van der Waals surface area contributed by atoms with E-state index in [4.69, 9.17) is 4.74 Å². The van der Waals surface area contributed by atoms with Crippen molar-refractivity contribution >= 4 is 6.09 Å². The number of ether oxygens (including phenoxy) is 1. The lowest BCUT2D eigenvalue weighted by Crippen LogP contribution is -2.41. The predicted octanol–water partition coefficient (Wildman–Crippen LogP) is 3.52. The maximum Gasteiger partial charge on any atom is 0.410 e. The molecule has 0 radical (unpaired) electrons. The highest BCUT2D eigenvalue weighted by molar-refractivity contribution is 5.68. The molecule has 0 saturated heterocycles. The molecule has 1 N–H and O–H groups in total. The zero-order valence-electron chi connectivity index (χ0n) is 14.7. The van der Waals surface area contributed by atoms with Crippen LogP contribution in [0.25, 0.3) is 0 Å². The van der Waals surface area contributed by atoms with Crippen LogP contribution in [-0.2, 0) is 4.74 Å². The summed E-state index contributed by atoms with van der Waals surface area (Å²) in [4.78, 5) is 17.9. The first kappa shape index (κ1) is 19.4. The monoisotopic (exact) mass is 325 g/mol. The summed E-state index contributed by atoms with van der Waals surface area (Å²) in [6.07, 6.45) is 1.78. The maximum absolute atomic E-state index is 12.9. The Morgan fingerprint density at radius 1 is 1.39 bits per heavy atom. The quantitative estimate of drug-likeness (QED) is 0.833. The lowest BCUT2D eigenvalue weighted by molar-refractivity contribution is 0.0251. The summed E-state index contributed by atoms with van der Waals surface area (Å²) in [5, 5.41) is 3.29. The number of nitrogens with zero attached hydrogens (tertiary/aromatic N) is 2. The summed E-state index contributed by atoms with van der Waals surface area (Å²) < 4.78 is 18.3. The van der Waals surface area contributed by atoms with Gasteiger partial charge in [0.15, 0.2) is 0 Å². The number of pyridine rings is 1. The third-order valence-electron chi connectivity index (χ3n) is 3.17. The Morgan fingerprint density at radius 2 is 2.09 bits per heavy atom. The molecule has 6 heteroatoms. The predicted molar refractivity (Wildman–Crippen MR) is 88.7 cm³/mol. The van der Waals surface area contributed by atoms with Gasteiger partial charge in [0.25, 0.3) is 0 Å². The first-order valence-corrected chi connectivity index (χ1v) is 8.05. The number of hydrogen-bond acceptors (Lipinski definition) is 4. The highest BCUT2D eigenvalue weighted by Gasteiger charge is 2.21. The zero-order valence-corrected chi connectivity index (χ0v) is 14.7. The second-order valence-corrected chi connectivity index (χ2v) is 6.54. The van der Waals surface area contributed by atoms with Gasteiger partial charge in [0.05, 0.1) is 11.9 Å². The number of aromatic nitrogens is 1. The smallest absolute Gasteiger partial charge is 0.410 e. The van der Waals surface area contributed by atoms with Gasteiger partial charge in [-0.2, -0.15) is 0 Å². The summed E-state index contributed by atoms with van der Waals surface area (Å²) in [6, 6.07) is 3.03. The molecule has 1 atom stereocenters. The molecule has 1 heterocycles.